The maximum absolute atomic E-state index is 12.4. The maximum Gasteiger partial charge on any atom is 0.326 e. The second-order valence-electron chi connectivity index (χ2n) is 7.18. The molecule has 1 unspecified atom stereocenters. The highest BCUT2D eigenvalue weighted by molar-refractivity contribution is 7.99. The Labute approximate surface area is 164 Å². The Bertz CT molecular complexity index is 948. The van der Waals surface area contributed by atoms with Crippen LogP contribution in [-0.2, 0) is 28.2 Å². The van der Waals surface area contributed by atoms with Crippen molar-refractivity contribution >= 4 is 45.2 Å². The smallest absolute Gasteiger partial charge is 0.326 e. The van der Waals surface area contributed by atoms with Gasteiger partial charge >= 0.3 is 5.97 Å². The lowest BCUT2D eigenvalue weighted by atomic mass is 10.1. The molecule has 3 N–H and O–H groups in total. The summed E-state index contributed by atoms with van der Waals surface area (Å²) in [6.07, 6.45) is 5.65. The second kappa shape index (κ2) is 7.63. The number of aromatic nitrogens is 2. The molecule has 0 aromatic carbocycles. The highest BCUT2D eigenvalue weighted by Gasteiger charge is 2.30. The van der Waals surface area contributed by atoms with E-state index in [4.69, 9.17) is 0 Å². The zero-order valence-corrected chi connectivity index (χ0v) is 16.4. The summed E-state index contributed by atoms with van der Waals surface area (Å²) >= 11 is 2.91. The standard InChI is InChI=1S/C18H21N3O4S2/c22-14(19-11(18(24)25)6-9-4-5-9)8-26-7-13-20-16(23)15-10-2-1-3-12(10)27-17(15)21-13/h9,11H,1-8H2,(H,19,22)(H,24,25)(H,20,21,23). The van der Waals surface area contributed by atoms with Gasteiger partial charge in [-0.2, -0.15) is 0 Å². The number of aryl methyl sites for hydroxylation is 2. The number of rotatable bonds is 8. The van der Waals surface area contributed by atoms with E-state index >= 15 is 0 Å². The largest absolute Gasteiger partial charge is 0.480 e. The fourth-order valence-corrected chi connectivity index (χ4v) is 5.48. The van der Waals surface area contributed by atoms with E-state index in [-0.39, 0.29) is 17.2 Å². The normalized spacial score (nSPS) is 17.0. The number of thiophene rings is 1. The Morgan fingerprint density at radius 3 is 2.93 bits per heavy atom. The molecule has 2 heterocycles. The minimum Gasteiger partial charge on any atom is -0.480 e. The maximum atomic E-state index is 12.4. The number of hydrogen-bond donors (Lipinski definition) is 3. The van der Waals surface area contributed by atoms with Gasteiger partial charge in [-0.25, -0.2) is 9.78 Å². The van der Waals surface area contributed by atoms with Gasteiger partial charge in [0, 0.05) is 4.88 Å². The molecule has 7 nitrogen and oxygen atoms in total. The van der Waals surface area contributed by atoms with E-state index in [0.29, 0.717) is 23.9 Å². The van der Waals surface area contributed by atoms with Crippen molar-refractivity contribution in [3.8, 4) is 0 Å². The van der Waals surface area contributed by atoms with Crippen LogP contribution in [0.25, 0.3) is 10.2 Å². The summed E-state index contributed by atoms with van der Waals surface area (Å²) in [5.74, 6) is 0.234. The predicted octanol–water partition coefficient (Wildman–Crippen LogP) is 2.08. The highest BCUT2D eigenvalue weighted by atomic mass is 32.2. The average Bonchev–Trinajstić information content (AvgIpc) is 3.18. The van der Waals surface area contributed by atoms with E-state index in [0.717, 1.165) is 47.9 Å². The summed E-state index contributed by atoms with van der Waals surface area (Å²) in [6.45, 7) is 0. The molecule has 1 amide bonds. The van der Waals surface area contributed by atoms with Gasteiger partial charge in [0.1, 0.15) is 16.7 Å². The average molecular weight is 408 g/mol. The topological polar surface area (TPSA) is 112 Å². The number of carbonyl (C=O) groups is 2. The van der Waals surface area contributed by atoms with Crippen LogP contribution in [0, 0.1) is 5.92 Å². The van der Waals surface area contributed by atoms with Crippen LogP contribution in [-0.4, -0.2) is 38.7 Å². The number of amides is 1. The van der Waals surface area contributed by atoms with Crippen molar-refractivity contribution in [2.75, 3.05) is 5.75 Å². The summed E-state index contributed by atoms with van der Waals surface area (Å²) in [6, 6.07) is -0.812. The molecule has 0 radical (unpaired) electrons. The lowest BCUT2D eigenvalue weighted by Crippen LogP contribution is -2.42. The van der Waals surface area contributed by atoms with Crippen LogP contribution in [0.4, 0.5) is 0 Å². The van der Waals surface area contributed by atoms with Crippen molar-refractivity contribution in [1.82, 2.24) is 15.3 Å². The third-order valence-corrected chi connectivity index (χ3v) is 7.12. The van der Waals surface area contributed by atoms with Gasteiger partial charge < -0.3 is 15.4 Å². The number of carboxylic acids is 1. The summed E-state index contributed by atoms with van der Waals surface area (Å²) in [5.41, 5.74) is 1.05. The zero-order chi connectivity index (χ0) is 19.0. The number of thioether (sulfide) groups is 1. The first-order valence-corrected chi connectivity index (χ1v) is 11.1. The number of carbonyl (C=O) groups excluding carboxylic acids is 1. The second-order valence-corrected chi connectivity index (χ2v) is 9.25. The first kappa shape index (κ1) is 18.5. The molecule has 0 bridgehead atoms. The lowest BCUT2D eigenvalue weighted by molar-refractivity contribution is -0.141. The zero-order valence-electron chi connectivity index (χ0n) is 14.7. The Morgan fingerprint density at radius 1 is 1.37 bits per heavy atom. The number of hydrogen-bond acceptors (Lipinski definition) is 6. The molecule has 2 aliphatic carbocycles. The van der Waals surface area contributed by atoms with Crippen LogP contribution >= 0.6 is 23.1 Å². The van der Waals surface area contributed by atoms with Crippen molar-refractivity contribution in [2.24, 2.45) is 5.92 Å². The number of carboxylic acid groups (broad SMARTS) is 1. The number of nitrogens with one attached hydrogen (secondary N) is 2. The number of nitrogens with zero attached hydrogens (tertiary/aromatic N) is 1. The van der Waals surface area contributed by atoms with E-state index in [1.807, 2.05) is 0 Å². The predicted molar refractivity (Wildman–Crippen MR) is 105 cm³/mol. The Kier molecular flexibility index (Phi) is 5.23. The summed E-state index contributed by atoms with van der Waals surface area (Å²) in [4.78, 5) is 45.1. The van der Waals surface area contributed by atoms with E-state index in [1.165, 1.54) is 16.6 Å². The lowest BCUT2D eigenvalue weighted by Gasteiger charge is -2.13. The first-order valence-electron chi connectivity index (χ1n) is 9.14. The third kappa shape index (κ3) is 4.19. The van der Waals surface area contributed by atoms with E-state index in [9.17, 15) is 19.5 Å². The van der Waals surface area contributed by atoms with Crippen LogP contribution in [0.3, 0.4) is 0 Å². The van der Waals surface area contributed by atoms with Gasteiger partial charge in [0.25, 0.3) is 5.56 Å². The van der Waals surface area contributed by atoms with Gasteiger partial charge in [-0.05, 0) is 37.2 Å². The molecular weight excluding hydrogens is 386 g/mol. The summed E-state index contributed by atoms with van der Waals surface area (Å²) in [7, 11) is 0. The molecule has 27 heavy (non-hydrogen) atoms. The molecule has 1 atom stereocenters. The fraction of sp³-hybridized carbons (Fsp3) is 0.556. The van der Waals surface area contributed by atoms with E-state index in [2.05, 4.69) is 15.3 Å². The van der Waals surface area contributed by atoms with Crippen molar-refractivity contribution < 1.29 is 14.7 Å². The molecule has 0 spiro atoms. The molecule has 144 valence electrons. The molecule has 2 aliphatic rings. The Balaban J connectivity index is 1.34. The third-order valence-electron chi connectivity index (χ3n) is 5.00. The number of fused-ring (bicyclic) bond motifs is 3. The van der Waals surface area contributed by atoms with E-state index in [1.54, 1.807) is 11.3 Å². The van der Waals surface area contributed by atoms with Crippen molar-refractivity contribution in [2.45, 2.75) is 50.3 Å². The quantitative estimate of drug-likeness (QED) is 0.618. The Hall–Kier alpha value is -1.87. The van der Waals surface area contributed by atoms with Crippen molar-refractivity contribution in [3.05, 3.63) is 26.6 Å². The number of aliphatic carboxylic acids is 1. The minimum atomic E-state index is -0.984. The number of H-pyrrole nitrogens is 1. The SMILES string of the molecule is O=C(CSCc1nc2sc3c(c2c(=O)[nH]1)CCC3)NC(CC1CC1)C(=O)O. The summed E-state index contributed by atoms with van der Waals surface area (Å²) in [5, 5.41) is 12.5. The molecule has 2 aromatic heterocycles. The van der Waals surface area contributed by atoms with E-state index < -0.39 is 12.0 Å². The fourth-order valence-electron chi connectivity index (χ4n) is 3.50. The Morgan fingerprint density at radius 2 is 2.19 bits per heavy atom. The van der Waals surface area contributed by atoms with Gasteiger partial charge in [-0.1, -0.05) is 12.8 Å². The molecule has 4 rings (SSSR count). The van der Waals surface area contributed by atoms with Crippen LogP contribution < -0.4 is 10.9 Å². The minimum absolute atomic E-state index is 0.102. The van der Waals surface area contributed by atoms with Crippen LogP contribution in [0.2, 0.25) is 0 Å². The van der Waals surface area contributed by atoms with Crippen molar-refractivity contribution in [3.63, 3.8) is 0 Å². The number of aromatic amines is 1. The first-order chi connectivity index (χ1) is 13.0. The highest BCUT2D eigenvalue weighted by Crippen LogP contribution is 2.35. The summed E-state index contributed by atoms with van der Waals surface area (Å²) < 4.78 is 0. The molecule has 9 heteroatoms. The molecule has 0 aliphatic heterocycles. The molecule has 0 saturated heterocycles. The molecule has 1 fully saturated rings. The van der Waals surface area contributed by atoms with Gasteiger partial charge in [0.15, 0.2) is 0 Å². The van der Waals surface area contributed by atoms with Gasteiger partial charge in [-0.15, -0.1) is 23.1 Å². The van der Waals surface area contributed by atoms with Crippen LogP contribution in [0.5, 0.6) is 0 Å². The van der Waals surface area contributed by atoms with Gasteiger partial charge in [-0.3, -0.25) is 9.59 Å². The molecule has 2 aromatic rings. The van der Waals surface area contributed by atoms with Crippen LogP contribution in [0.1, 0.15) is 41.9 Å². The molecule has 1 saturated carbocycles. The van der Waals surface area contributed by atoms with Gasteiger partial charge in [0.05, 0.1) is 16.9 Å². The molecular formula is C18H21N3O4S2. The monoisotopic (exact) mass is 407 g/mol. The van der Waals surface area contributed by atoms with Gasteiger partial charge in [0.2, 0.25) is 5.91 Å². The van der Waals surface area contributed by atoms with Crippen molar-refractivity contribution in [1.29, 1.82) is 0 Å². The van der Waals surface area contributed by atoms with Crippen LogP contribution in [0.15, 0.2) is 4.79 Å².